The Morgan fingerprint density at radius 3 is 2.20 bits per heavy atom. The molecular weight excluding hydrogens is 372 g/mol. The summed E-state index contributed by atoms with van der Waals surface area (Å²) in [7, 11) is 0. The molecule has 2 rings (SSSR count). The number of rotatable bonds is 9. The minimum atomic E-state index is -0.692. The Labute approximate surface area is 180 Å². The van der Waals surface area contributed by atoms with Crippen molar-refractivity contribution < 1.29 is 15.3 Å². The second-order valence-corrected chi connectivity index (χ2v) is 8.12. The molecule has 3 heteroatoms. The van der Waals surface area contributed by atoms with E-state index in [1.807, 2.05) is 58.0 Å². The van der Waals surface area contributed by atoms with E-state index in [0.717, 1.165) is 39.0 Å². The molecule has 160 valence electrons. The number of benzene rings is 2. The first-order chi connectivity index (χ1) is 14.2. The van der Waals surface area contributed by atoms with Crippen molar-refractivity contribution in [3.8, 4) is 5.75 Å². The van der Waals surface area contributed by atoms with E-state index in [0.29, 0.717) is 18.6 Å². The molecule has 2 aromatic carbocycles. The molecule has 0 radical (unpaired) electrons. The minimum absolute atomic E-state index is 0.119. The smallest absolute Gasteiger partial charge is 0.121 e. The zero-order valence-electron chi connectivity index (χ0n) is 18.5. The second-order valence-electron chi connectivity index (χ2n) is 8.12. The molecule has 3 nitrogen and oxygen atoms in total. The van der Waals surface area contributed by atoms with Gasteiger partial charge >= 0.3 is 0 Å². The van der Waals surface area contributed by atoms with E-state index in [-0.39, 0.29) is 12.5 Å². The van der Waals surface area contributed by atoms with Crippen molar-refractivity contribution in [1.29, 1.82) is 0 Å². The summed E-state index contributed by atoms with van der Waals surface area (Å²) in [4.78, 5) is 0. The fourth-order valence-electron chi connectivity index (χ4n) is 3.59. The van der Waals surface area contributed by atoms with Gasteiger partial charge in [0.05, 0.1) is 12.7 Å². The monoisotopic (exact) mass is 406 g/mol. The van der Waals surface area contributed by atoms with Gasteiger partial charge in [-0.2, -0.15) is 0 Å². The number of aromatic hydroxyl groups is 1. The highest BCUT2D eigenvalue weighted by Crippen LogP contribution is 2.30. The van der Waals surface area contributed by atoms with Crippen molar-refractivity contribution in [2.45, 2.75) is 46.6 Å². The number of allylic oxidation sites excluding steroid dienone is 1. The number of hydrogen-bond acceptors (Lipinski definition) is 3. The lowest BCUT2D eigenvalue weighted by molar-refractivity contribution is 0.201. The topological polar surface area (TPSA) is 60.7 Å². The van der Waals surface area contributed by atoms with E-state index >= 15 is 0 Å². The molecule has 0 spiro atoms. The lowest BCUT2D eigenvalue weighted by Gasteiger charge is -2.21. The lowest BCUT2D eigenvalue weighted by atomic mass is 9.88. The van der Waals surface area contributed by atoms with Crippen molar-refractivity contribution in [2.75, 3.05) is 6.61 Å². The summed E-state index contributed by atoms with van der Waals surface area (Å²) in [6.07, 6.45) is 4.27. The maximum atomic E-state index is 10.8. The Bertz CT molecular complexity index is 897. The van der Waals surface area contributed by atoms with Crippen LogP contribution < -0.4 is 0 Å². The van der Waals surface area contributed by atoms with E-state index in [1.165, 1.54) is 0 Å². The van der Waals surface area contributed by atoms with Crippen LogP contribution in [0.25, 0.3) is 11.6 Å². The van der Waals surface area contributed by atoms with Crippen LogP contribution in [0.5, 0.6) is 5.75 Å². The van der Waals surface area contributed by atoms with Gasteiger partial charge in [0.25, 0.3) is 0 Å². The molecule has 0 amide bonds. The van der Waals surface area contributed by atoms with E-state index in [9.17, 15) is 15.3 Å². The highest BCUT2D eigenvalue weighted by Gasteiger charge is 2.17. The van der Waals surface area contributed by atoms with Crippen LogP contribution in [0.1, 0.15) is 48.9 Å². The molecule has 0 aliphatic rings. The fourth-order valence-corrected chi connectivity index (χ4v) is 3.59. The normalized spacial score (nSPS) is 13.6. The van der Waals surface area contributed by atoms with E-state index in [4.69, 9.17) is 0 Å². The summed E-state index contributed by atoms with van der Waals surface area (Å²) in [5.74, 6) is 0.527. The van der Waals surface area contributed by atoms with Crippen LogP contribution in [-0.4, -0.2) is 28.0 Å². The molecule has 1 unspecified atom stereocenters. The molecule has 30 heavy (non-hydrogen) atoms. The van der Waals surface area contributed by atoms with E-state index < -0.39 is 6.10 Å². The molecule has 0 saturated carbocycles. The zero-order chi connectivity index (χ0) is 22.3. The van der Waals surface area contributed by atoms with Gasteiger partial charge in [-0.1, -0.05) is 62.9 Å². The number of hydrogen-bond donors (Lipinski definition) is 3. The first-order valence-electron chi connectivity index (χ1n) is 10.5. The maximum Gasteiger partial charge on any atom is 0.121 e. The van der Waals surface area contributed by atoms with Crippen molar-refractivity contribution in [1.82, 2.24) is 0 Å². The first kappa shape index (κ1) is 23.7. The number of phenols is 1. The molecule has 3 N–H and O–H groups in total. The fraction of sp³-hybridized carbons (Fsp3) is 0.333. The quantitative estimate of drug-likeness (QED) is 0.363. The second kappa shape index (κ2) is 11.0. The van der Waals surface area contributed by atoms with Gasteiger partial charge in [0.15, 0.2) is 0 Å². The molecule has 0 aliphatic heterocycles. The molecule has 0 aliphatic carbocycles. The third-order valence-electron chi connectivity index (χ3n) is 5.42. The molecular formula is C27H34O3. The number of aliphatic hydroxyl groups excluding tert-OH is 2. The number of aliphatic hydroxyl groups is 2. The molecule has 0 fully saturated rings. The van der Waals surface area contributed by atoms with Crippen LogP contribution in [0, 0.1) is 19.8 Å². The third-order valence-corrected chi connectivity index (χ3v) is 5.42. The van der Waals surface area contributed by atoms with Crippen LogP contribution in [0.15, 0.2) is 66.3 Å². The summed E-state index contributed by atoms with van der Waals surface area (Å²) >= 11 is 0. The van der Waals surface area contributed by atoms with E-state index in [1.54, 1.807) is 6.08 Å². The highest BCUT2D eigenvalue weighted by molar-refractivity contribution is 5.82. The highest BCUT2D eigenvalue weighted by atomic mass is 16.3. The Morgan fingerprint density at radius 2 is 1.67 bits per heavy atom. The van der Waals surface area contributed by atoms with Crippen LogP contribution in [0.2, 0.25) is 0 Å². The van der Waals surface area contributed by atoms with Crippen molar-refractivity contribution >= 4 is 11.6 Å². The van der Waals surface area contributed by atoms with Crippen LogP contribution >= 0.6 is 0 Å². The van der Waals surface area contributed by atoms with Gasteiger partial charge in [0.2, 0.25) is 0 Å². The third kappa shape index (κ3) is 6.19. The molecule has 0 saturated heterocycles. The minimum Gasteiger partial charge on any atom is -0.507 e. The summed E-state index contributed by atoms with van der Waals surface area (Å²) in [5, 5.41) is 30.3. The van der Waals surface area contributed by atoms with Gasteiger partial charge in [0.1, 0.15) is 5.75 Å². The lowest BCUT2D eigenvalue weighted by Crippen LogP contribution is -2.15. The van der Waals surface area contributed by atoms with E-state index in [2.05, 4.69) is 24.8 Å². The van der Waals surface area contributed by atoms with Crippen molar-refractivity contribution in [3.63, 3.8) is 0 Å². The largest absolute Gasteiger partial charge is 0.507 e. The average molecular weight is 407 g/mol. The SMILES string of the molecule is C=C(/C(=C/CO)C(O)CC/C(=C/c1cc(C)c(O)c(C)c1)c1ccccc1)C(C)C. The number of phenolic OH excluding ortho intramolecular Hbond substituents is 1. The zero-order valence-corrected chi connectivity index (χ0v) is 18.5. The molecule has 0 heterocycles. The number of aryl methyl sites for hydroxylation is 2. The summed E-state index contributed by atoms with van der Waals surface area (Å²) in [6.45, 7) is 11.8. The molecule has 0 aromatic heterocycles. The van der Waals surface area contributed by atoms with Crippen LogP contribution in [-0.2, 0) is 0 Å². The van der Waals surface area contributed by atoms with Crippen molar-refractivity contribution in [3.05, 3.63) is 88.5 Å². The van der Waals surface area contributed by atoms with Crippen LogP contribution in [0.4, 0.5) is 0 Å². The van der Waals surface area contributed by atoms with Gasteiger partial charge in [-0.25, -0.2) is 0 Å². The van der Waals surface area contributed by atoms with Gasteiger partial charge in [0, 0.05) is 0 Å². The predicted octanol–water partition coefficient (Wildman–Crippen LogP) is 5.82. The molecule has 1 atom stereocenters. The molecule has 0 bridgehead atoms. The van der Waals surface area contributed by atoms with Gasteiger partial charge in [-0.3, -0.25) is 0 Å². The Hall–Kier alpha value is -2.62. The average Bonchev–Trinajstić information content (AvgIpc) is 2.72. The van der Waals surface area contributed by atoms with Gasteiger partial charge in [-0.05, 0) is 83.7 Å². The Kier molecular flexibility index (Phi) is 8.64. The summed E-state index contributed by atoms with van der Waals surface area (Å²) < 4.78 is 0. The van der Waals surface area contributed by atoms with Crippen LogP contribution in [0.3, 0.4) is 0 Å². The predicted molar refractivity (Wildman–Crippen MR) is 126 cm³/mol. The first-order valence-corrected chi connectivity index (χ1v) is 10.5. The van der Waals surface area contributed by atoms with Gasteiger partial charge < -0.3 is 15.3 Å². The standard InChI is InChI=1S/C27H34O3/c1-18(2)21(5)25(13-14-28)26(29)12-11-24(23-9-7-6-8-10-23)17-22-15-19(3)27(30)20(4)16-22/h6-10,13,15-18,26,28-30H,5,11-12,14H2,1-4H3/b24-17-,25-13-. The van der Waals surface area contributed by atoms with Gasteiger partial charge in [-0.15, -0.1) is 0 Å². The Morgan fingerprint density at radius 1 is 1.07 bits per heavy atom. The molecule has 2 aromatic rings. The Balaban J connectivity index is 2.34. The summed E-state index contributed by atoms with van der Waals surface area (Å²) in [6, 6.07) is 14.1. The maximum absolute atomic E-state index is 10.8. The van der Waals surface area contributed by atoms with Crippen molar-refractivity contribution in [2.24, 2.45) is 5.92 Å². The summed E-state index contributed by atoms with van der Waals surface area (Å²) in [5.41, 5.74) is 6.49.